The Morgan fingerprint density at radius 2 is 2.24 bits per heavy atom. The second-order valence-electron chi connectivity index (χ2n) is 4.82. The Kier molecular flexibility index (Phi) is 3.59. The third-order valence-corrected chi connectivity index (χ3v) is 5.42. The predicted octanol–water partition coefficient (Wildman–Crippen LogP) is -0.218. The average Bonchev–Trinajstić information content (AvgIpc) is 3.09. The van der Waals surface area contributed by atoms with Crippen LogP contribution in [0.4, 0.5) is 5.82 Å². The number of rotatable bonds is 6. The number of nitrogens with one attached hydrogen (secondary N) is 2. The summed E-state index contributed by atoms with van der Waals surface area (Å²) >= 11 is 1.30. The van der Waals surface area contributed by atoms with Crippen LogP contribution in [0.25, 0.3) is 4.96 Å². The molecule has 1 aliphatic carbocycles. The highest BCUT2D eigenvalue weighted by Crippen LogP contribution is 2.28. The summed E-state index contributed by atoms with van der Waals surface area (Å²) in [6, 6.07) is 0. The van der Waals surface area contributed by atoms with Gasteiger partial charge in [0.25, 0.3) is 10.0 Å². The van der Waals surface area contributed by atoms with Crippen LogP contribution in [0, 0.1) is 5.92 Å². The number of imidazole rings is 1. The maximum Gasteiger partial charge on any atom is 0.260 e. The summed E-state index contributed by atoms with van der Waals surface area (Å²) in [6.45, 7) is 0.359. The van der Waals surface area contributed by atoms with Gasteiger partial charge in [0.2, 0.25) is 5.91 Å². The van der Waals surface area contributed by atoms with E-state index in [4.69, 9.17) is 5.73 Å². The number of nitrogens with zero attached hydrogens (tertiary/aromatic N) is 2. The molecule has 1 fully saturated rings. The fourth-order valence-electron chi connectivity index (χ4n) is 1.98. The molecule has 114 valence electrons. The molecule has 1 aliphatic rings. The highest BCUT2D eigenvalue weighted by atomic mass is 32.2. The quantitative estimate of drug-likeness (QED) is 0.633. The highest BCUT2D eigenvalue weighted by Gasteiger charge is 2.29. The molecule has 1 amide bonds. The van der Waals surface area contributed by atoms with Crippen LogP contribution in [0.3, 0.4) is 0 Å². The maximum atomic E-state index is 12.3. The normalized spacial score (nSPS) is 15.4. The number of carbonyl (C=O) groups excluding carboxylic acids is 1. The average molecular weight is 329 g/mol. The van der Waals surface area contributed by atoms with Gasteiger partial charge in [-0.25, -0.2) is 18.1 Å². The van der Waals surface area contributed by atoms with Gasteiger partial charge in [-0.05, 0) is 12.8 Å². The number of hydrogen-bond acceptors (Lipinski definition) is 6. The van der Waals surface area contributed by atoms with Crippen molar-refractivity contribution in [3.8, 4) is 0 Å². The van der Waals surface area contributed by atoms with Crippen LogP contribution < -0.4 is 15.8 Å². The van der Waals surface area contributed by atoms with Crippen LogP contribution in [-0.4, -0.2) is 36.8 Å². The molecule has 0 radical (unpaired) electrons. The molecule has 4 N–H and O–H groups in total. The molecule has 2 aromatic rings. The fraction of sp³-hybridized carbons (Fsp3) is 0.455. The summed E-state index contributed by atoms with van der Waals surface area (Å²) in [5.74, 6) is 0.0622. The Hall–Kier alpha value is -1.65. The smallest absolute Gasteiger partial charge is 0.260 e. The van der Waals surface area contributed by atoms with Crippen molar-refractivity contribution >= 4 is 38.0 Å². The predicted molar refractivity (Wildman–Crippen MR) is 78.4 cm³/mol. The Morgan fingerprint density at radius 1 is 1.48 bits per heavy atom. The van der Waals surface area contributed by atoms with Crippen LogP contribution in [0.15, 0.2) is 16.6 Å². The number of hydrogen-bond donors (Lipinski definition) is 3. The largest absolute Gasteiger partial charge is 0.381 e. The Labute approximate surface area is 125 Å². The molecule has 3 rings (SSSR count). The minimum absolute atomic E-state index is 0.0155. The molecule has 2 aromatic heterocycles. The first-order valence-electron chi connectivity index (χ1n) is 6.47. The number of sulfonamides is 1. The zero-order valence-electron chi connectivity index (χ0n) is 11.1. The van der Waals surface area contributed by atoms with Gasteiger partial charge in [0.1, 0.15) is 0 Å². The lowest BCUT2D eigenvalue weighted by molar-refractivity contribution is -0.122. The van der Waals surface area contributed by atoms with Gasteiger partial charge in [0.05, 0.1) is 0 Å². The first-order valence-corrected chi connectivity index (χ1v) is 8.84. The van der Waals surface area contributed by atoms with Crippen molar-refractivity contribution in [1.82, 2.24) is 19.4 Å². The van der Waals surface area contributed by atoms with Gasteiger partial charge in [-0.2, -0.15) is 0 Å². The van der Waals surface area contributed by atoms with Gasteiger partial charge in [0, 0.05) is 30.6 Å². The first-order chi connectivity index (χ1) is 9.99. The van der Waals surface area contributed by atoms with Crippen molar-refractivity contribution in [3.05, 3.63) is 11.6 Å². The molecule has 2 heterocycles. The number of anilines is 1. The number of fused-ring (bicyclic) bond motifs is 1. The molecule has 0 aromatic carbocycles. The van der Waals surface area contributed by atoms with E-state index in [9.17, 15) is 13.2 Å². The van der Waals surface area contributed by atoms with Crippen molar-refractivity contribution in [3.63, 3.8) is 0 Å². The molecule has 0 unspecified atom stereocenters. The lowest BCUT2D eigenvalue weighted by atomic mass is 10.4. The summed E-state index contributed by atoms with van der Waals surface area (Å²) in [5.41, 5.74) is 5.67. The van der Waals surface area contributed by atoms with Crippen LogP contribution in [0.1, 0.15) is 12.8 Å². The number of nitrogens with two attached hydrogens (primary N) is 1. The van der Waals surface area contributed by atoms with Crippen molar-refractivity contribution in [2.45, 2.75) is 17.9 Å². The van der Waals surface area contributed by atoms with Gasteiger partial charge >= 0.3 is 0 Å². The fourth-order valence-corrected chi connectivity index (χ4v) is 3.99. The lowest BCUT2D eigenvalue weighted by Gasteiger charge is -2.07. The molecule has 10 heteroatoms. The number of amides is 1. The minimum atomic E-state index is -3.77. The summed E-state index contributed by atoms with van der Waals surface area (Å²) < 4.78 is 28.4. The van der Waals surface area contributed by atoms with Gasteiger partial charge < -0.3 is 11.1 Å². The molecule has 0 atom stereocenters. The summed E-state index contributed by atoms with van der Waals surface area (Å²) in [4.78, 5) is 16.0. The van der Waals surface area contributed by atoms with E-state index in [0.29, 0.717) is 4.96 Å². The number of aromatic nitrogens is 2. The van der Waals surface area contributed by atoms with Crippen molar-refractivity contribution < 1.29 is 13.2 Å². The molecular weight excluding hydrogens is 314 g/mol. The van der Waals surface area contributed by atoms with Crippen LogP contribution in [0.5, 0.6) is 0 Å². The summed E-state index contributed by atoms with van der Waals surface area (Å²) in [5, 5.41) is 4.36. The Morgan fingerprint density at radius 3 is 2.95 bits per heavy atom. The van der Waals surface area contributed by atoms with E-state index in [1.807, 2.05) is 0 Å². The Balaban J connectivity index is 1.64. The van der Waals surface area contributed by atoms with Gasteiger partial charge in [0.15, 0.2) is 15.8 Å². The number of carbonyl (C=O) groups is 1. The topological polar surface area (TPSA) is 119 Å². The monoisotopic (exact) mass is 329 g/mol. The standard InChI is InChI=1S/C11H15N5O3S2/c12-8-10(16-5-6-20-11(16)15-8)21(18,19)14-4-3-13-9(17)7-1-2-7/h5-7,14H,1-4,12H2,(H,13,17). The molecule has 0 spiro atoms. The highest BCUT2D eigenvalue weighted by molar-refractivity contribution is 7.89. The first kappa shape index (κ1) is 14.3. The Bertz CT molecular complexity index is 775. The second kappa shape index (κ2) is 5.28. The number of thiazole rings is 1. The van der Waals surface area contributed by atoms with E-state index in [1.54, 1.807) is 11.6 Å². The SMILES string of the molecule is Nc1nc2sccn2c1S(=O)(=O)NCCNC(=O)C1CC1. The molecule has 1 saturated carbocycles. The molecule has 0 aliphatic heterocycles. The summed E-state index contributed by atoms with van der Waals surface area (Å²) in [7, 11) is -3.77. The third kappa shape index (κ3) is 2.87. The number of nitrogen functional groups attached to an aromatic ring is 1. The van der Waals surface area contributed by atoms with E-state index in [-0.39, 0.29) is 35.8 Å². The summed E-state index contributed by atoms with van der Waals surface area (Å²) in [6.07, 6.45) is 3.44. The molecule has 21 heavy (non-hydrogen) atoms. The molecule has 0 saturated heterocycles. The van der Waals surface area contributed by atoms with Crippen LogP contribution >= 0.6 is 11.3 Å². The molecule has 8 nitrogen and oxygen atoms in total. The second-order valence-corrected chi connectivity index (χ2v) is 7.38. The van der Waals surface area contributed by atoms with Gasteiger partial charge in [-0.3, -0.25) is 9.20 Å². The maximum absolute atomic E-state index is 12.3. The lowest BCUT2D eigenvalue weighted by Crippen LogP contribution is -2.35. The van der Waals surface area contributed by atoms with Gasteiger partial charge in [-0.1, -0.05) is 0 Å². The van der Waals surface area contributed by atoms with E-state index in [1.165, 1.54) is 15.7 Å². The van der Waals surface area contributed by atoms with E-state index in [2.05, 4.69) is 15.0 Å². The van der Waals surface area contributed by atoms with Crippen LogP contribution in [-0.2, 0) is 14.8 Å². The third-order valence-electron chi connectivity index (χ3n) is 3.16. The van der Waals surface area contributed by atoms with E-state index >= 15 is 0 Å². The molecule has 0 bridgehead atoms. The molecular formula is C11H15N5O3S2. The minimum Gasteiger partial charge on any atom is -0.381 e. The van der Waals surface area contributed by atoms with Crippen molar-refractivity contribution in [2.24, 2.45) is 5.92 Å². The van der Waals surface area contributed by atoms with Crippen molar-refractivity contribution in [2.75, 3.05) is 18.8 Å². The van der Waals surface area contributed by atoms with Crippen LogP contribution in [0.2, 0.25) is 0 Å². The zero-order valence-corrected chi connectivity index (χ0v) is 12.7. The van der Waals surface area contributed by atoms with E-state index in [0.717, 1.165) is 12.8 Å². The zero-order chi connectivity index (χ0) is 15.0. The van der Waals surface area contributed by atoms with Gasteiger partial charge in [-0.15, -0.1) is 11.3 Å². The van der Waals surface area contributed by atoms with Crippen molar-refractivity contribution in [1.29, 1.82) is 0 Å². The van der Waals surface area contributed by atoms with E-state index < -0.39 is 10.0 Å².